The van der Waals surface area contributed by atoms with Gasteiger partial charge in [-0.25, -0.2) is 9.78 Å². The van der Waals surface area contributed by atoms with Gasteiger partial charge in [0.2, 0.25) is 0 Å². The van der Waals surface area contributed by atoms with Crippen LogP contribution in [0.15, 0.2) is 53.7 Å². The lowest BCUT2D eigenvalue weighted by molar-refractivity contribution is 0.0694. The van der Waals surface area contributed by atoms with E-state index in [4.69, 9.17) is 33.0 Å². The first-order valence-electron chi connectivity index (χ1n) is 8.70. The second-order valence-corrected chi connectivity index (χ2v) is 7.02. The smallest absolute Gasteiger partial charge is 0.342 e. The zero-order valence-electron chi connectivity index (χ0n) is 15.5. The van der Waals surface area contributed by atoms with Crippen molar-refractivity contribution in [3.05, 3.63) is 80.4 Å². The van der Waals surface area contributed by atoms with Crippen molar-refractivity contribution in [2.45, 2.75) is 6.61 Å². The summed E-state index contributed by atoms with van der Waals surface area (Å²) in [5, 5.41) is 21.1. The number of hydrogen-bond acceptors (Lipinski definition) is 7. The summed E-state index contributed by atoms with van der Waals surface area (Å²) in [6.45, 7) is 0.0926. The first-order chi connectivity index (χ1) is 14.9. The fraction of sp³-hybridized carbons (Fsp3) is 0.0526. The van der Waals surface area contributed by atoms with Gasteiger partial charge in [0.1, 0.15) is 35.8 Å². The molecule has 0 aliphatic heterocycles. The minimum Gasteiger partial charge on any atom is -0.487 e. The van der Waals surface area contributed by atoms with Crippen LogP contribution in [0, 0.1) is 0 Å². The monoisotopic (exact) mass is 458 g/mol. The molecule has 0 saturated carbocycles. The number of aromatic amines is 1. The number of aromatic carboxylic acids is 1. The van der Waals surface area contributed by atoms with Gasteiger partial charge in [-0.15, -0.1) is 5.10 Å². The van der Waals surface area contributed by atoms with Gasteiger partial charge in [-0.05, 0) is 40.8 Å². The predicted molar refractivity (Wildman–Crippen MR) is 111 cm³/mol. The van der Waals surface area contributed by atoms with Crippen LogP contribution in [-0.2, 0) is 6.61 Å². The maximum absolute atomic E-state index is 12.0. The summed E-state index contributed by atoms with van der Waals surface area (Å²) in [5.41, 5.74) is 0.335. The molecule has 156 valence electrons. The Balaban J connectivity index is 1.72. The van der Waals surface area contributed by atoms with Crippen LogP contribution >= 0.6 is 23.2 Å². The summed E-state index contributed by atoms with van der Waals surface area (Å²) < 4.78 is 7.29. The third-order valence-corrected chi connectivity index (χ3v) is 5.00. The van der Waals surface area contributed by atoms with Crippen LogP contribution in [0.25, 0.3) is 17.1 Å². The Morgan fingerprint density at radius 1 is 1.19 bits per heavy atom. The number of aromatic nitrogens is 6. The number of hydrogen-bond donors (Lipinski definition) is 2. The minimum atomic E-state index is -1.36. The van der Waals surface area contributed by atoms with Crippen molar-refractivity contribution in [1.29, 1.82) is 0 Å². The Kier molecular flexibility index (Phi) is 5.65. The molecule has 12 heteroatoms. The molecule has 0 aliphatic rings. The molecule has 0 aliphatic carbocycles. The standard InChI is InChI=1S/C19H12Cl2N6O4/c20-13-2-1-3-14(21)12(13)8-31-16-5-4-10(6-15(16)27-9-23-25-26-27)17-22-7-11(19(29)30)18(28)24-17/h1-7,9H,8H2,(H,29,30)(H,22,24,28). The van der Waals surface area contributed by atoms with E-state index >= 15 is 0 Å². The van der Waals surface area contributed by atoms with Gasteiger partial charge in [-0.3, -0.25) is 4.79 Å². The quantitative estimate of drug-likeness (QED) is 0.449. The largest absolute Gasteiger partial charge is 0.487 e. The van der Waals surface area contributed by atoms with Crippen molar-refractivity contribution in [2.75, 3.05) is 0 Å². The Labute approximate surface area is 184 Å². The van der Waals surface area contributed by atoms with Crippen molar-refractivity contribution in [3.63, 3.8) is 0 Å². The number of carboxylic acid groups (broad SMARTS) is 1. The molecule has 4 aromatic rings. The molecule has 0 spiro atoms. The summed E-state index contributed by atoms with van der Waals surface area (Å²) in [5.74, 6) is -0.779. The summed E-state index contributed by atoms with van der Waals surface area (Å²) in [6.07, 6.45) is 2.37. The van der Waals surface area contributed by atoms with Crippen molar-refractivity contribution in [1.82, 2.24) is 30.2 Å². The average Bonchev–Trinajstić information content (AvgIpc) is 3.28. The number of nitrogens with one attached hydrogen (secondary N) is 1. The van der Waals surface area contributed by atoms with Crippen LogP contribution in [0.1, 0.15) is 15.9 Å². The first kappa shape index (κ1) is 20.5. The van der Waals surface area contributed by atoms with Gasteiger partial charge in [-0.1, -0.05) is 29.3 Å². The lowest BCUT2D eigenvalue weighted by Gasteiger charge is -2.14. The molecule has 31 heavy (non-hydrogen) atoms. The molecule has 0 amide bonds. The molecule has 0 bridgehead atoms. The molecule has 0 saturated heterocycles. The lowest BCUT2D eigenvalue weighted by Crippen LogP contribution is -2.18. The van der Waals surface area contributed by atoms with Crippen LogP contribution in [-0.4, -0.2) is 41.3 Å². The molecule has 2 aromatic carbocycles. The van der Waals surface area contributed by atoms with Crippen LogP contribution in [0.5, 0.6) is 5.75 Å². The summed E-state index contributed by atoms with van der Waals surface area (Å²) in [6, 6.07) is 10.1. The molecular weight excluding hydrogens is 447 g/mol. The Hall–Kier alpha value is -3.76. The second-order valence-electron chi connectivity index (χ2n) is 6.21. The van der Waals surface area contributed by atoms with E-state index in [1.807, 2.05) is 0 Å². The first-order valence-corrected chi connectivity index (χ1v) is 9.45. The van der Waals surface area contributed by atoms with E-state index in [2.05, 4.69) is 25.5 Å². The molecule has 0 radical (unpaired) electrons. The van der Waals surface area contributed by atoms with Crippen LogP contribution in [0.2, 0.25) is 10.0 Å². The number of carbonyl (C=O) groups is 1. The molecule has 2 N–H and O–H groups in total. The van der Waals surface area contributed by atoms with E-state index in [-0.39, 0.29) is 12.4 Å². The molecule has 0 atom stereocenters. The highest BCUT2D eigenvalue weighted by molar-refractivity contribution is 6.35. The number of tetrazole rings is 1. The Morgan fingerprint density at radius 2 is 1.97 bits per heavy atom. The van der Waals surface area contributed by atoms with Gasteiger partial charge in [-0.2, -0.15) is 4.68 Å². The highest BCUT2D eigenvalue weighted by atomic mass is 35.5. The summed E-state index contributed by atoms with van der Waals surface area (Å²) in [4.78, 5) is 29.5. The molecule has 2 aromatic heterocycles. The molecule has 2 heterocycles. The van der Waals surface area contributed by atoms with Gasteiger partial charge >= 0.3 is 5.97 Å². The maximum atomic E-state index is 12.0. The van der Waals surface area contributed by atoms with E-state index in [1.54, 1.807) is 36.4 Å². The molecular formula is C19H12Cl2N6O4. The minimum absolute atomic E-state index is 0.0926. The number of carboxylic acids is 1. The second kappa shape index (κ2) is 8.54. The average molecular weight is 459 g/mol. The summed E-state index contributed by atoms with van der Waals surface area (Å²) >= 11 is 12.4. The van der Waals surface area contributed by atoms with E-state index < -0.39 is 17.1 Å². The topological polar surface area (TPSA) is 136 Å². The van der Waals surface area contributed by atoms with Gasteiger partial charge in [0.05, 0.1) is 0 Å². The van der Waals surface area contributed by atoms with Crippen molar-refractivity contribution in [2.24, 2.45) is 0 Å². The highest BCUT2D eigenvalue weighted by Crippen LogP contribution is 2.30. The van der Waals surface area contributed by atoms with Crippen LogP contribution < -0.4 is 10.3 Å². The van der Waals surface area contributed by atoms with E-state index in [0.717, 1.165) is 6.20 Å². The fourth-order valence-corrected chi connectivity index (χ4v) is 3.26. The molecule has 4 rings (SSSR count). The Bertz CT molecular complexity index is 1300. The molecule has 10 nitrogen and oxygen atoms in total. The van der Waals surface area contributed by atoms with Gasteiger partial charge < -0.3 is 14.8 Å². The number of H-pyrrole nitrogens is 1. The normalized spacial score (nSPS) is 10.8. The van der Waals surface area contributed by atoms with E-state index in [1.165, 1.54) is 11.0 Å². The number of rotatable bonds is 6. The van der Waals surface area contributed by atoms with Crippen LogP contribution in [0.3, 0.4) is 0 Å². The van der Waals surface area contributed by atoms with E-state index in [0.29, 0.717) is 32.6 Å². The number of benzene rings is 2. The SMILES string of the molecule is O=C(O)c1cnc(-c2ccc(OCc3c(Cl)cccc3Cl)c(-n3cnnn3)c2)[nH]c1=O. The predicted octanol–water partition coefficient (Wildman–Crippen LogP) is 3.00. The number of halogens is 2. The zero-order valence-corrected chi connectivity index (χ0v) is 17.0. The maximum Gasteiger partial charge on any atom is 0.342 e. The van der Waals surface area contributed by atoms with Crippen molar-refractivity contribution < 1.29 is 14.6 Å². The third-order valence-electron chi connectivity index (χ3n) is 4.29. The fourth-order valence-electron chi connectivity index (χ4n) is 2.75. The Morgan fingerprint density at radius 3 is 2.61 bits per heavy atom. The number of ether oxygens (including phenoxy) is 1. The number of nitrogens with zero attached hydrogens (tertiary/aromatic N) is 5. The third kappa shape index (κ3) is 4.25. The molecule has 0 fully saturated rings. The highest BCUT2D eigenvalue weighted by Gasteiger charge is 2.15. The van der Waals surface area contributed by atoms with Crippen molar-refractivity contribution >= 4 is 29.2 Å². The lowest BCUT2D eigenvalue weighted by atomic mass is 10.1. The summed E-state index contributed by atoms with van der Waals surface area (Å²) in [7, 11) is 0. The van der Waals surface area contributed by atoms with Crippen LogP contribution in [0.4, 0.5) is 0 Å². The molecule has 0 unspecified atom stereocenters. The van der Waals surface area contributed by atoms with Gasteiger partial charge in [0.25, 0.3) is 5.56 Å². The zero-order chi connectivity index (χ0) is 22.0. The van der Waals surface area contributed by atoms with Gasteiger partial charge in [0, 0.05) is 27.4 Å². The van der Waals surface area contributed by atoms with Crippen molar-refractivity contribution in [3.8, 4) is 22.8 Å². The van der Waals surface area contributed by atoms with E-state index in [9.17, 15) is 9.59 Å². The van der Waals surface area contributed by atoms with Gasteiger partial charge in [0.15, 0.2) is 0 Å².